The molecule has 3 rings (SSSR count). The normalized spacial score (nSPS) is 18.8. The SMILES string of the molecule is CN1C(=O)N(CC(=O)NCCCSc2ccc(F)cc2)C(=O)C12CCCCC2. The van der Waals surface area contributed by atoms with Crippen LogP contribution in [0, 0.1) is 5.82 Å². The van der Waals surface area contributed by atoms with Gasteiger partial charge in [0.2, 0.25) is 5.91 Å². The summed E-state index contributed by atoms with van der Waals surface area (Å²) in [5, 5.41) is 2.78. The Morgan fingerprint density at radius 1 is 1.18 bits per heavy atom. The summed E-state index contributed by atoms with van der Waals surface area (Å²) in [6.07, 6.45) is 5.01. The molecule has 1 aliphatic carbocycles. The monoisotopic (exact) mass is 407 g/mol. The van der Waals surface area contributed by atoms with Crippen molar-refractivity contribution in [3.8, 4) is 0 Å². The summed E-state index contributed by atoms with van der Waals surface area (Å²) >= 11 is 1.59. The van der Waals surface area contributed by atoms with Gasteiger partial charge in [-0.15, -0.1) is 11.8 Å². The van der Waals surface area contributed by atoms with E-state index in [1.165, 1.54) is 17.0 Å². The lowest BCUT2D eigenvalue weighted by Gasteiger charge is -2.35. The average molecular weight is 408 g/mol. The van der Waals surface area contributed by atoms with Crippen molar-refractivity contribution in [2.45, 2.75) is 49.0 Å². The van der Waals surface area contributed by atoms with Crippen LogP contribution in [0.2, 0.25) is 0 Å². The molecule has 28 heavy (non-hydrogen) atoms. The van der Waals surface area contributed by atoms with Gasteiger partial charge in [0.25, 0.3) is 5.91 Å². The highest BCUT2D eigenvalue weighted by Crippen LogP contribution is 2.39. The van der Waals surface area contributed by atoms with Crippen LogP contribution in [0.1, 0.15) is 38.5 Å². The van der Waals surface area contributed by atoms with Crippen molar-refractivity contribution in [2.24, 2.45) is 0 Å². The fourth-order valence-electron chi connectivity index (χ4n) is 3.89. The Morgan fingerprint density at radius 3 is 2.54 bits per heavy atom. The molecule has 1 heterocycles. The minimum atomic E-state index is -0.749. The molecule has 8 heteroatoms. The molecule has 1 aliphatic heterocycles. The number of urea groups is 1. The van der Waals surface area contributed by atoms with Gasteiger partial charge in [-0.1, -0.05) is 19.3 Å². The standard InChI is InChI=1S/C20H26FN3O3S/c1-23-19(27)24(18(26)20(23)10-3-2-4-11-20)14-17(25)22-12-5-13-28-16-8-6-15(21)7-9-16/h6-9H,2-5,10-14H2,1H3,(H,22,25). The Bertz CT molecular complexity index is 735. The van der Waals surface area contributed by atoms with E-state index in [1.807, 2.05) is 0 Å². The highest BCUT2D eigenvalue weighted by molar-refractivity contribution is 7.99. The first-order valence-corrected chi connectivity index (χ1v) is 10.7. The number of carbonyl (C=O) groups is 3. The molecule has 4 amide bonds. The third-order valence-electron chi connectivity index (χ3n) is 5.51. The molecule has 1 spiro atoms. The summed E-state index contributed by atoms with van der Waals surface area (Å²) in [7, 11) is 1.66. The number of halogens is 1. The van der Waals surface area contributed by atoms with E-state index < -0.39 is 5.54 Å². The van der Waals surface area contributed by atoms with Gasteiger partial charge < -0.3 is 10.2 Å². The van der Waals surface area contributed by atoms with Gasteiger partial charge in [0, 0.05) is 18.5 Å². The third-order valence-corrected chi connectivity index (χ3v) is 6.61. The first kappa shape index (κ1) is 20.6. The molecule has 1 saturated carbocycles. The van der Waals surface area contributed by atoms with Crippen molar-refractivity contribution in [2.75, 3.05) is 25.9 Å². The molecular formula is C20H26FN3O3S. The molecular weight excluding hydrogens is 381 g/mol. The van der Waals surface area contributed by atoms with E-state index in [-0.39, 0.29) is 30.2 Å². The molecule has 2 aliphatic rings. The number of likely N-dealkylation sites (N-methyl/N-ethyl adjacent to an activating group) is 1. The lowest BCUT2D eigenvalue weighted by atomic mass is 9.81. The Kier molecular flexibility index (Phi) is 6.59. The van der Waals surface area contributed by atoms with Crippen molar-refractivity contribution < 1.29 is 18.8 Å². The number of nitrogens with zero attached hydrogens (tertiary/aromatic N) is 2. The number of thioether (sulfide) groups is 1. The van der Waals surface area contributed by atoms with Crippen LogP contribution >= 0.6 is 11.8 Å². The zero-order valence-electron chi connectivity index (χ0n) is 16.1. The maximum atomic E-state index is 12.9. The maximum absolute atomic E-state index is 12.9. The number of hydrogen-bond donors (Lipinski definition) is 1. The molecule has 0 atom stereocenters. The van der Waals surface area contributed by atoms with Gasteiger partial charge in [-0.3, -0.25) is 14.5 Å². The summed E-state index contributed by atoms with van der Waals surface area (Å²) in [6.45, 7) is 0.235. The Morgan fingerprint density at radius 2 is 1.86 bits per heavy atom. The second-order valence-electron chi connectivity index (χ2n) is 7.33. The summed E-state index contributed by atoms with van der Waals surface area (Å²) in [6, 6.07) is 5.91. The summed E-state index contributed by atoms with van der Waals surface area (Å²) < 4.78 is 12.9. The lowest BCUT2D eigenvalue weighted by molar-refractivity contribution is -0.137. The number of hydrogen-bond acceptors (Lipinski definition) is 4. The first-order valence-electron chi connectivity index (χ1n) is 9.69. The van der Waals surface area contributed by atoms with E-state index in [2.05, 4.69) is 5.32 Å². The Labute approximate surface area is 168 Å². The van der Waals surface area contributed by atoms with Gasteiger partial charge in [0.15, 0.2) is 0 Å². The van der Waals surface area contributed by atoms with Crippen molar-refractivity contribution >= 4 is 29.6 Å². The molecule has 0 aromatic heterocycles. The number of amides is 4. The largest absolute Gasteiger partial charge is 0.355 e. The predicted molar refractivity (Wildman–Crippen MR) is 105 cm³/mol. The van der Waals surface area contributed by atoms with Crippen molar-refractivity contribution in [1.29, 1.82) is 0 Å². The van der Waals surface area contributed by atoms with E-state index in [9.17, 15) is 18.8 Å². The molecule has 2 fully saturated rings. The van der Waals surface area contributed by atoms with Crippen LogP contribution in [-0.4, -0.2) is 59.1 Å². The van der Waals surface area contributed by atoms with Gasteiger partial charge in [0.1, 0.15) is 17.9 Å². The molecule has 0 bridgehead atoms. The Balaban J connectivity index is 1.42. The summed E-state index contributed by atoms with van der Waals surface area (Å²) in [5.74, 6) is -0.0426. The van der Waals surface area contributed by atoms with Crippen molar-refractivity contribution in [3.05, 3.63) is 30.1 Å². The number of carbonyl (C=O) groups excluding carboxylic acids is 3. The molecule has 6 nitrogen and oxygen atoms in total. The highest BCUT2D eigenvalue weighted by atomic mass is 32.2. The van der Waals surface area contributed by atoms with Crippen molar-refractivity contribution in [1.82, 2.24) is 15.1 Å². The van der Waals surface area contributed by atoms with Crippen LogP contribution in [0.5, 0.6) is 0 Å². The van der Waals surface area contributed by atoms with E-state index in [0.29, 0.717) is 19.4 Å². The minimum absolute atomic E-state index is 0.227. The number of nitrogens with one attached hydrogen (secondary N) is 1. The first-order chi connectivity index (χ1) is 13.4. The maximum Gasteiger partial charge on any atom is 0.327 e. The van der Waals surface area contributed by atoms with E-state index in [0.717, 1.165) is 41.2 Å². The Hall–Kier alpha value is -2.09. The van der Waals surface area contributed by atoms with Gasteiger partial charge in [-0.25, -0.2) is 9.18 Å². The molecule has 1 aromatic carbocycles. The minimum Gasteiger partial charge on any atom is -0.355 e. The van der Waals surface area contributed by atoms with Gasteiger partial charge in [-0.05, 0) is 49.3 Å². The topological polar surface area (TPSA) is 69.7 Å². The van der Waals surface area contributed by atoms with E-state index >= 15 is 0 Å². The second-order valence-corrected chi connectivity index (χ2v) is 8.50. The molecule has 0 unspecified atom stereocenters. The van der Waals surface area contributed by atoms with Crippen LogP contribution < -0.4 is 5.32 Å². The summed E-state index contributed by atoms with van der Waals surface area (Å²) in [5.41, 5.74) is -0.749. The zero-order valence-corrected chi connectivity index (χ0v) is 16.9. The smallest absolute Gasteiger partial charge is 0.327 e. The molecule has 152 valence electrons. The van der Waals surface area contributed by atoms with Crippen molar-refractivity contribution in [3.63, 3.8) is 0 Å². The van der Waals surface area contributed by atoms with E-state index in [4.69, 9.17) is 0 Å². The fraction of sp³-hybridized carbons (Fsp3) is 0.550. The predicted octanol–water partition coefficient (Wildman–Crippen LogP) is 3.02. The average Bonchev–Trinajstić information content (AvgIpc) is 2.86. The number of imide groups is 1. The van der Waals surface area contributed by atoms with Gasteiger partial charge in [0.05, 0.1) is 0 Å². The van der Waals surface area contributed by atoms with E-state index in [1.54, 1.807) is 30.9 Å². The zero-order chi connectivity index (χ0) is 20.1. The van der Waals surface area contributed by atoms with Crippen LogP contribution in [0.4, 0.5) is 9.18 Å². The lowest BCUT2D eigenvalue weighted by Crippen LogP contribution is -2.49. The van der Waals surface area contributed by atoms with Crippen LogP contribution in [0.3, 0.4) is 0 Å². The third kappa shape index (κ3) is 4.32. The quantitative estimate of drug-likeness (QED) is 0.429. The molecule has 1 N–H and O–H groups in total. The van der Waals surface area contributed by atoms with Gasteiger partial charge in [-0.2, -0.15) is 0 Å². The second kappa shape index (κ2) is 8.94. The number of benzene rings is 1. The van der Waals surface area contributed by atoms with Crippen LogP contribution in [-0.2, 0) is 9.59 Å². The summed E-state index contributed by atoms with van der Waals surface area (Å²) in [4.78, 5) is 41.2. The number of rotatable bonds is 7. The molecule has 1 aromatic rings. The highest BCUT2D eigenvalue weighted by Gasteiger charge is 2.55. The molecule has 1 saturated heterocycles. The molecule has 0 radical (unpaired) electrons. The fourth-order valence-corrected chi connectivity index (χ4v) is 4.74. The van der Waals surface area contributed by atoms with Crippen LogP contribution in [0.25, 0.3) is 0 Å². The van der Waals surface area contributed by atoms with Crippen LogP contribution in [0.15, 0.2) is 29.2 Å². The van der Waals surface area contributed by atoms with Gasteiger partial charge >= 0.3 is 6.03 Å².